The molecule has 0 aromatic heterocycles. The first-order valence-electron chi connectivity index (χ1n) is 8.75. The molecule has 2 aromatic rings. The summed E-state index contributed by atoms with van der Waals surface area (Å²) in [5.41, 5.74) is 0.509. The fraction of sp³-hybridized carbons (Fsp3) is 0.350. The Hall–Kier alpha value is -3.00. The number of aliphatic hydroxyl groups is 1. The molecule has 2 aromatic carbocycles. The third-order valence-corrected chi connectivity index (χ3v) is 3.94. The number of halogens is 1. The Morgan fingerprint density at radius 1 is 1.11 bits per heavy atom. The second kappa shape index (κ2) is 10.4. The molecule has 0 bridgehead atoms. The lowest BCUT2D eigenvalue weighted by molar-refractivity contribution is 0.167. The van der Waals surface area contributed by atoms with Gasteiger partial charge in [0.2, 0.25) is 0 Å². The molecule has 0 saturated heterocycles. The minimum atomic E-state index is -0.971. The maximum atomic E-state index is 12.9. The number of carbonyl (C=O) groups excluding carboxylic acids is 1. The Bertz CT molecular complexity index is 770. The number of benzene rings is 2. The van der Waals surface area contributed by atoms with Crippen LogP contribution in [-0.4, -0.2) is 44.6 Å². The third-order valence-electron chi connectivity index (χ3n) is 3.94. The first kappa shape index (κ1) is 21.3. The van der Waals surface area contributed by atoms with Crippen molar-refractivity contribution in [2.75, 3.05) is 27.4 Å². The van der Waals surface area contributed by atoms with Crippen LogP contribution in [0.3, 0.4) is 0 Å². The summed E-state index contributed by atoms with van der Waals surface area (Å²) in [6, 6.07) is 9.94. The molecule has 2 atom stereocenters. The molecule has 2 unspecified atom stereocenters. The van der Waals surface area contributed by atoms with Crippen LogP contribution in [0.5, 0.6) is 17.2 Å². The summed E-state index contributed by atoms with van der Waals surface area (Å²) < 4.78 is 28.7. The van der Waals surface area contributed by atoms with Crippen LogP contribution < -0.4 is 24.8 Å². The average molecular weight is 392 g/mol. The summed E-state index contributed by atoms with van der Waals surface area (Å²) in [5, 5.41) is 15.7. The molecular formula is C20H25FN2O5. The topological polar surface area (TPSA) is 89.0 Å². The number of hydrogen-bond donors (Lipinski definition) is 3. The highest BCUT2D eigenvalue weighted by atomic mass is 19.1. The Labute approximate surface area is 163 Å². The van der Waals surface area contributed by atoms with Gasteiger partial charge < -0.3 is 30.0 Å². The molecule has 0 aliphatic heterocycles. The van der Waals surface area contributed by atoms with Crippen molar-refractivity contribution in [1.29, 1.82) is 0 Å². The Morgan fingerprint density at radius 3 is 2.43 bits per heavy atom. The fourth-order valence-corrected chi connectivity index (χ4v) is 2.47. The van der Waals surface area contributed by atoms with Crippen molar-refractivity contribution in [2.24, 2.45) is 0 Å². The Kier molecular flexibility index (Phi) is 7.88. The lowest BCUT2D eigenvalue weighted by atomic mass is 10.1. The molecule has 0 aliphatic carbocycles. The smallest absolute Gasteiger partial charge is 0.315 e. The molecule has 152 valence electrons. The molecule has 3 N–H and O–H groups in total. The lowest BCUT2D eigenvalue weighted by Crippen LogP contribution is -2.44. The van der Waals surface area contributed by atoms with E-state index in [1.165, 1.54) is 38.5 Å². The normalized spacial score (nSPS) is 12.6. The molecule has 0 aliphatic rings. The lowest BCUT2D eigenvalue weighted by Gasteiger charge is -2.18. The van der Waals surface area contributed by atoms with E-state index < -0.39 is 12.1 Å². The quantitative estimate of drug-likeness (QED) is 0.611. The summed E-state index contributed by atoms with van der Waals surface area (Å²) in [4.78, 5) is 12.0. The van der Waals surface area contributed by atoms with Crippen LogP contribution in [0.2, 0.25) is 0 Å². The molecule has 0 saturated carbocycles. The van der Waals surface area contributed by atoms with E-state index in [0.29, 0.717) is 22.8 Å². The van der Waals surface area contributed by atoms with Gasteiger partial charge in [0, 0.05) is 12.1 Å². The third kappa shape index (κ3) is 6.31. The van der Waals surface area contributed by atoms with E-state index in [1.54, 1.807) is 25.1 Å². The highest BCUT2D eigenvalue weighted by Gasteiger charge is 2.16. The van der Waals surface area contributed by atoms with Gasteiger partial charge in [-0.15, -0.1) is 0 Å². The number of nitrogens with one attached hydrogen (secondary N) is 2. The van der Waals surface area contributed by atoms with Crippen LogP contribution in [0.1, 0.15) is 18.6 Å². The van der Waals surface area contributed by atoms with Gasteiger partial charge >= 0.3 is 6.03 Å². The van der Waals surface area contributed by atoms with E-state index in [-0.39, 0.29) is 25.0 Å². The van der Waals surface area contributed by atoms with Gasteiger partial charge in [-0.05, 0) is 49.4 Å². The fourth-order valence-electron chi connectivity index (χ4n) is 2.47. The van der Waals surface area contributed by atoms with Crippen LogP contribution in [0.25, 0.3) is 0 Å². The Morgan fingerprint density at radius 2 is 1.79 bits per heavy atom. The van der Waals surface area contributed by atoms with Crippen molar-refractivity contribution in [1.82, 2.24) is 10.6 Å². The van der Waals surface area contributed by atoms with E-state index in [9.17, 15) is 14.3 Å². The van der Waals surface area contributed by atoms with Crippen LogP contribution in [0, 0.1) is 5.82 Å². The number of methoxy groups -OCH3 is 2. The van der Waals surface area contributed by atoms with Gasteiger partial charge in [-0.25, -0.2) is 9.18 Å². The predicted molar refractivity (Wildman–Crippen MR) is 102 cm³/mol. The minimum absolute atomic E-state index is 0.0130. The van der Waals surface area contributed by atoms with Crippen molar-refractivity contribution in [3.05, 3.63) is 53.8 Å². The van der Waals surface area contributed by atoms with Gasteiger partial charge in [0.15, 0.2) is 0 Å². The van der Waals surface area contributed by atoms with Crippen LogP contribution >= 0.6 is 0 Å². The number of carbonyl (C=O) groups is 1. The van der Waals surface area contributed by atoms with Gasteiger partial charge in [0.05, 0.1) is 20.3 Å². The molecular weight excluding hydrogens is 367 g/mol. The van der Waals surface area contributed by atoms with Crippen LogP contribution in [0.4, 0.5) is 9.18 Å². The molecule has 0 spiro atoms. The van der Waals surface area contributed by atoms with E-state index in [0.717, 1.165) is 0 Å². The SMILES string of the molecule is COc1ccc(OC)c(C(O)CNC(=O)NC(C)COc2ccc(F)cc2)c1. The Balaban J connectivity index is 1.80. The number of aliphatic hydroxyl groups excluding tert-OH is 1. The van der Waals surface area contributed by atoms with Gasteiger partial charge in [0.1, 0.15) is 35.8 Å². The molecule has 28 heavy (non-hydrogen) atoms. The zero-order chi connectivity index (χ0) is 20.5. The number of ether oxygens (including phenoxy) is 3. The summed E-state index contributed by atoms with van der Waals surface area (Å²) in [7, 11) is 3.03. The van der Waals surface area contributed by atoms with Crippen molar-refractivity contribution in [3.8, 4) is 17.2 Å². The summed E-state index contributed by atoms with van der Waals surface area (Å²) in [5.74, 6) is 1.24. The van der Waals surface area contributed by atoms with Gasteiger partial charge in [-0.1, -0.05) is 0 Å². The largest absolute Gasteiger partial charge is 0.497 e. The molecule has 8 heteroatoms. The van der Waals surface area contributed by atoms with Crippen LogP contribution in [-0.2, 0) is 0 Å². The number of urea groups is 1. The number of hydrogen-bond acceptors (Lipinski definition) is 5. The first-order chi connectivity index (χ1) is 13.4. The second-order valence-corrected chi connectivity index (χ2v) is 6.14. The maximum absolute atomic E-state index is 12.9. The van der Waals surface area contributed by atoms with E-state index in [1.807, 2.05) is 0 Å². The molecule has 2 amide bonds. The monoisotopic (exact) mass is 392 g/mol. The van der Waals surface area contributed by atoms with Crippen molar-refractivity contribution < 1.29 is 28.5 Å². The van der Waals surface area contributed by atoms with Gasteiger partial charge in [0.25, 0.3) is 0 Å². The zero-order valence-electron chi connectivity index (χ0n) is 16.1. The molecule has 0 heterocycles. The standard InChI is InChI=1S/C20H25FN2O5/c1-13(12-28-15-6-4-14(21)5-7-15)23-20(25)22-11-18(24)17-10-16(26-2)8-9-19(17)27-3/h4-10,13,18,24H,11-12H2,1-3H3,(H2,22,23,25). The maximum Gasteiger partial charge on any atom is 0.315 e. The highest BCUT2D eigenvalue weighted by Crippen LogP contribution is 2.29. The summed E-state index contributed by atoms with van der Waals surface area (Å²) in [6.45, 7) is 1.97. The second-order valence-electron chi connectivity index (χ2n) is 6.14. The molecule has 2 rings (SSSR count). The molecule has 7 nitrogen and oxygen atoms in total. The van der Waals surface area contributed by atoms with Gasteiger partial charge in [-0.3, -0.25) is 0 Å². The van der Waals surface area contributed by atoms with E-state index >= 15 is 0 Å². The highest BCUT2D eigenvalue weighted by molar-refractivity contribution is 5.74. The van der Waals surface area contributed by atoms with Gasteiger partial charge in [-0.2, -0.15) is 0 Å². The predicted octanol–water partition coefficient (Wildman–Crippen LogP) is 2.64. The van der Waals surface area contributed by atoms with Crippen molar-refractivity contribution in [2.45, 2.75) is 19.1 Å². The number of rotatable bonds is 9. The van der Waals surface area contributed by atoms with E-state index in [4.69, 9.17) is 14.2 Å². The average Bonchev–Trinajstić information content (AvgIpc) is 2.71. The first-order valence-corrected chi connectivity index (χ1v) is 8.75. The minimum Gasteiger partial charge on any atom is -0.497 e. The van der Waals surface area contributed by atoms with Crippen molar-refractivity contribution >= 4 is 6.03 Å². The molecule has 0 fully saturated rings. The summed E-state index contributed by atoms with van der Waals surface area (Å²) in [6.07, 6.45) is -0.971. The number of amides is 2. The molecule has 0 radical (unpaired) electrons. The van der Waals surface area contributed by atoms with Crippen molar-refractivity contribution in [3.63, 3.8) is 0 Å². The summed E-state index contributed by atoms with van der Waals surface area (Å²) >= 11 is 0. The zero-order valence-corrected chi connectivity index (χ0v) is 16.1. The van der Waals surface area contributed by atoms with Crippen LogP contribution in [0.15, 0.2) is 42.5 Å². The van der Waals surface area contributed by atoms with E-state index in [2.05, 4.69) is 10.6 Å².